The Balaban J connectivity index is 1.51. The van der Waals surface area contributed by atoms with E-state index in [-0.39, 0.29) is 0 Å². The summed E-state index contributed by atoms with van der Waals surface area (Å²) in [5, 5.41) is 0. The van der Waals surface area contributed by atoms with Crippen molar-refractivity contribution in [2.24, 2.45) is 0 Å². The van der Waals surface area contributed by atoms with E-state index in [9.17, 15) is 9.59 Å². The van der Waals surface area contributed by atoms with Gasteiger partial charge in [-0.2, -0.15) is 0 Å². The lowest BCUT2D eigenvalue weighted by Gasteiger charge is -2.18. The molecule has 0 bridgehead atoms. The summed E-state index contributed by atoms with van der Waals surface area (Å²) < 4.78 is 34.3. The summed E-state index contributed by atoms with van der Waals surface area (Å²) in [6.07, 6.45) is 14.0. The van der Waals surface area contributed by atoms with E-state index < -0.39 is 24.5 Å². The van der Waals surface area contributed by atoms with Crippen LogP contribution in [0.3, 0.4) is 0 Å². The van der Waals surface area contributed by atoms with E-state index in [0.29, 0.717) is 34.1 Å². The van der Waals surface area contributed by atoms with Crippen molar-refractivity contribution >= 4 is 11.9 Å². The second-order valence-corrected chi connectivity index (χ2v) is 10.6. The van der Waals surface area contributed by atoms with E-state index in [2.05, 4.69) is 13.8 Å². The van der Waals surface area contributed by atoms with Crippen molar-refractivity contribution in [3.05, 3.63) is 109 Å². The van der Waals surface area contributed by atoms with Crippen LogP contribution in [0.2, 0.25) is 0 Å². The van der Waals surface area contributed by atoms with Crippen molar-refractivity contribution in [3.63, 3.8) is 0 Å². The second-order valence-electron chi connectivity index (χ2n) is 10.6. The van der Waals surface area contributed by atoms with Crippen molar-refractivity contribution in [1.29, 1.82) is 0 Å². The molecule has 0 aliphatic rings. The fourth-order valence-corrected chi connectivity index (χ4v) is 4.31. The highest BCUT2D eigenvalue weighted by Crippen LogP contribution is 2.23. The van der Waals surface area contributed by atoms with Crippen molar-refractivity contribution < 1.29 is 38.0 Å². The molecule has 0 saturated carbocycles. The lowest BCUT2D eigenvalue weighted by atomic mass is 10.2. The number of carbonyl (C=O) groups excluding carboxylic acids is 2. The lowest BCUT2D eigenvalue weighted by Crippen LogP contribution is -2.18. The summed E-state index contributed by atoms with van der Waals surface area (Å²) in [4.78, 5) is 25.4. The summed E-state index contributed by atoms with van der Waals surface area (Å²) in [6.45, 7) is 8.06. The van der Waals surface area contributed by atoms with Gasteiger partial charge in [-0.25, -0.2) is 9.59 Å². The van der Waals surface area contributed by atoms with Crippen LogP contribution in [0.15, 0.2) is 97.5 Å². The van der Waals surface area contributed by atoms with E-state index in [1.165, 1.54) is 0 Å². The average molecular weight is 631 g/mol. The molecular weight excluding hydrogens is 584 g/mol. The molecule has 3 aromatic carbocycles. The Labute approximate surface area is 272 Å². The molecule has 0 N–H and O–H groups in total. The number of esters is 2. The molecular formula is C38H46O8. The third-order valence-electron chi connectivity index (χ3n) is 6.78. The van der Waals surface area contributed by atoms with Gasteiger partial charge in [0.1, 0.15) is 23.0 Å². The number of rotatable bonds is 20. The number of carbonyl (C=O) groups is 2. The molecule has 0 fully saturated rings. The Kier molecular flexibility index (Phi) is 15.8. The molecule has 0 saturated heterocycles. The highest BCUT2D eigenvalue weighted by molar-refractivity contribution is 5.92. The molecule has 2 unspecified atom stereocenters. The van der Waals surface area contributed by atoms with Gasteiger partial charge in [0.25, 0.3) is 0 Å². The highest BCUT2D eigenvalue weighted by atomic mass is 16.7. The largest absolute Gasteiger partial charge is 0.463 e. The van der Waals surface area contributed by atoms with Crippen LogP contribution >= 0.6 is 0 Å². The zero-order chi connectivity index (χ0) is 33.0. The van der Waals surface area contributed by atoms with Crippen molar-refractivity contribution in [2.75, 3.05) is 0 Å². The van der Waals surface area contributed by atoms with Gasteiger partial charge < -0.3 is 28.4 Å². The van der Waals surface area contributed by atoms with Gasteiger partial charge >= 0.3 is 11.9 Å². The predicted molar refractivity (Wildman–Crippen MR) is 178 cm³/mol. The zero-order valence-electron chi connectivity index (χ0n) is 27.3. The first-order valence-electron chi connectivity index (χ1n) is 16.1. The summed E-state index contributed by atoms with van der Waals surface area (Å²) in [6, 6.07) is 19.7. The van der Waals surface area contributed by atoms with Crippen LogP contribution in [0, 0.1) is 0 Å². The van der Waals surface area contributed by atoms with Gasteiger partial charge in [0.15, 0.2) is 0 Å². The molecule has 0 aliphatic heterocycles. The molecule has 0 amide bonds. The Morgan fingerprint density at radius 1 is 0.543 bits per heavy atom. The van der Waals surface area contributed by atoms with E-state index in [1.807, 2.05) is 26.0 Å². The van der Waals surface area contributed by atoms with Crippen LogP contribution in [0.5, 0.6) is 23.0 Å². The number of unbranched alkanes of at least 4 members (excludes halogenated alkanes) is 4. The van der Waals surface area contributed by atoms with Crippen LogP contribution in [-0.2, 0) is 9.47 Å². The number of benzene rings is 3. The molecule has 8 nitrogen and oxygen atoms in total. The first-order valence-corrected chi connectivity index (χ1v) is 16.1. The minimum atomic E-state index is -0.521. The van der Waals surface area contributed by atoms with Gasteiger partial charge in [0.2, 0.25) is 12.6 Å². The minimum Gasteiger partial charge on any atom is -0.463 e. The molecule has 246 valence electrons. The van der Waals surface area contributed by atoms with Gasteiger partial charge in [-0.15, -0.1) is 0 Å². The van der Waals surface area contributed by atoms with Crippen LogP contribution in [0.25, 0.3) is 0 Å². The fourth-order valence-electron chi connectivity index (χ4n) is 4.31. The Bertz CT molecular complexity index is 1250. The number of hydrogen-bond acceptors (Lipinski definition) is 8. The SMILES string of the molecule is C/C=C/OC(CCCCC)Oc1ccc(C(=O)Oc2ccc(OC(=O)c3ccc(OC(CCCCC)O/C=C/C)cc3)cc2)cc1. The van der Waals surface area contributed by atoms with E-state index in [4.69, 9.17) is 28.4 Å². The second kappa shape index (κ2) is 20.3. The van der Waals surface area contributed by atoms with Crippen LogP contribution in [0.4, 0.5) is 0 Å². The molecule has 3 rings (SSSR count). The monoisotopic (exact) mass is 630 g/mol. The number of ether oxygens (including phenoxy) is 6. The molecule has 3 aromatic rings. The lowest BCUT2D eigenvalue weighted by molar-refractivity contribution is -0.0367. The Morgan fingerprint density at radius 2 is 0.891 bits per heavy atom. The van der Waals surface area contributed by atoms with Gasteiger partial charge in [-0.1, -0.05) is 51.7 Å². The van der Waals surface area contributed by atoms with Crippen LogP contribution < -0.4 is 18.9 Å². The summed E-state index contributed by atoms with van der Waals surface area (Å²) >= 11 is 0. The summed E-state index contributed by atoms with van der Waals surface area (Å²) in [5.74, 6) is 0.785. The van der Waals surface area contributed by atoms with E-state index in [1.54, 1.807) is 85.3 Å². The first-order chi connectivity index (χ1) is 22.4. The predicted octanol–water partition coefficient (Wildman–Crippen LogP) is 9.80. The van der Waals surface area contributed by atoms with E-state index >= 15 is 0 Å². The first kappa shape index (κ1) is 35.8. The molecule has 0 radical (unpaired) electrons. The average Bonchev–Trinajstić information content (AvgIpc) is 3.07. The Morgan fingerprint density at radius 3 is 1.22 bits per heavy atom. The Hall–Kier alpha value is -4.72. The van der Waals surface area contributed by atoms with Gasteiger partial charge in [0.05, 0.1) is 23.7 Å². The van der Waals surface area contributed by atoms with Gasteiger partial charge in [0, 0.05) is 12.8 Å². The van der Waals surface area contributed by atoms with E-state index in [0.717, 1.165) is 51.4 Å². The maximum absolute atomic E-state index is 12.7. The normalized spacial score (nSPS) is 12.4. The quantitative estimate of drug-likeness (QED) is 0.0401. The molecule has 0 spiro atoms. The third kappa shape index (κ3) is 12.7. The minimum absolute atomic E-state index is 0.316. The number of allylic oxidation sites excluding steroid dienone is 2. The van der Waals surface area contributed by atoms with Crippen molar-refractivity contribution in [2.45, 2.75) is 91.6 Å². The molecule has 2 atom stereocenters. The topological polar surface area (TPSA) is 89.5 Å². The maximum Gasteiger partial charge on any atom is 0.343 e. The summed E-state index contributed by atoms with van der Waals surface area (Å²) in [5.41, 5.74) is 0.737. The fraction of sp³-hybridized carbons (Fsp3) is 0.368. The standard InChI is InChI=1S/C38H46O8/c1-5-9-11-13-35(41-27-7-3)43-31-19-15-29(16-20-31)37(39)45-33-23-25-34(26-24-33)46-38(40)30-17-21-32(22-18-30)44-36(42-28-8-4)14-12-10-6-2/h7-8,15-28,35-36H,5-6,9-14H2,1-4H3/b27-7+,28-8+. The molecule has 0 aromatic heterocycles. The smallest absolute Gasteiger partial charge is 0.343 e. The van der Waals surface area contributed by atoms with Crippen LogP contribution in [-0.4, -0.2) is 24.5 Å². The van der Waals surface area contributed by atoms with Gasteiger partial charge in [-0.3, -0.25) is 0 Å². The molecule has 0 heterocycles. The van der Waals surface area contributed by atoms with Crippen molar-refractivity contribution in [1.82, 2.24) is 0 Å². The number of hydrogen-bond donors (Lipinski definition) is 0. The molecule has 8 heteroatoms. The summed E-state index contributed by atoms with van der Waals surface area (Å²) in [7, 11) is 0. The van der Waals surface area contributed by atoms with Crippen LogP contribution in [0.1, 0.15) is 99.8 Å². The van der Waals surface area contributed by atoms with Crippen molar-refractivity contribution in [3.8, 4) is 23.0 Å². The highest BCUT2D eigenvalue weighted by Gasteiger charge is 2.15. The molecule has 46 heavy (non-hydrogen) atoms. The molecule has 0 aliphatic carbocycles. The maximum atomic E-state index is 12.7. The van der Waals surface area contributed by atoms with Gasteiger partial charge in [-0.05, 0) is 99.5 Å². The third-order valence-corrected chi connectivity index (χ3v) is 6.78. The zero-order valence-corrected chi connectivity index (χ0v) is 27.3.